The van der Waals surface area contributed by atoms with Crippen molar-refractivity contribution in [2.75, 3.05) is 23.9 Å². The van der Waals surface area contributed by atoms with Crippen LogP contribution in [0.2, 0.25) is 0 Å². The fraction of sp³-hybridized carbons (Fsp3) is 0.360. The van der Waals surface area contributed by atoms with Crippen LogP contribution in [-0.4, -0.2) is 28.8 Å². The minimum atomic E-state index is 0.00153. The van der Waals surface area contributed by atoms with E-state index in [1.807, 2.05) is 18.3 Å². The minimum Gasteiger partial charge on any atom is -0.378 e. The average molecular weight is 432 g/mol. The fourth-order valence-electron chi connectivity index (χ4n) is 4.92. The molecule has 3 heterocycles. The number of pyridine rings is 1. The molecule has 2 aromatic heterocycles. The predicted octanol–water partition coefficient (Wildman–Crippen LogP) is 5.24. The van der Waals surface area contributed by atoms with Crippen molar-refractivity contribution in [3.63, 3.8) is 0 Å². The molecule has 0 amide bonds. The van der Waals surface area contributed by atoms with Crippen molar-refractivity contribution in [1.29, 1.82) is 0 Å². The molecule has 2 atom stereocenters. The van der Waals surface area contributed by atoms with Crippen molar-refractivity contribution >= 4 is 28.7 Å². The first-order valence-electron chi connectivity index (χ1n) is 11.1. The van der Waals surface area contributed by atoms with Gasteiger partial charge in [0.15, 0.2) is 5.11 Å². The number of hydrogen-bond donors (Lipinski definition) is 1. The zero-order chi connectivity index (χ0) is 21.4. The molecule has 31 heavy (non-hydrogen) atoms. The van der Waals surface area contributed by atoms with Crippen molar-refractivity contribution in [2.24, 2.45) is 0 Å². The number of hydrogen-bond acceptors (Lipinski definition) is 3. The Morgan fingerprint density at radius 3 is 2.48 bits per heavy atom. The van der Waals surface area contributed by atoms with Crippen LogP contribution < -0.4 is 15.1 Å². The number of anilines is 2. The molecule has 1 aromatic carbocycles. The number of nitrogens with one attached hydrogen (secondary N) is 1. The minimum absolute atomic E-state index is 0.00153. The lowest BCUT2D eigenvalue weighted by atomic mass is 9.98. The molecule has 1 saturated heterocycles. The molecule has 5 nitrogen and oxygen atoms in total. The maximum atomic E-state index is 5.84. The molecule has 0 spiro atoms. The smallest absolute Gasteiger partial charge is 0.174 e. The van der Waals surface area contributed by atoms with E-state index in [0.29, 0.717) is 6.04 Å². The molecule has 1 N–H and O–H groups in total. The molecule has 0 radical (unpaired) electrons. The van der Waals surface area contributed by atoms with E-state index in [2.05, 4.69) is 87.6 Å². The topological polar surface area (TPSA) is 36.3 Å². The molecule has 1 aliphatic carbocycles. The van der Waals surface area contributed by atoms with Crippen LogP contribution in [0.5, 0.6) is 0 Å². The maximum Gasteiger partial charge on any atom is 0.174 e. The molecule has 0 bridgehead atoms. The molecule has 1 aliphatic heterocycles. The highest BCUT2D eigenvalue weighted by Crippen LogP contribution is 2.42. The third kappa shape index (κ3) is 3.81. The summed E-state index contributed by atoms with van der Waals surface area (Å²) in [6.07, 6.45) is 11.6. The van der Waals surface area contributed by atoms with Gasteiger partial charge < -0.3 is 19.7 Å². The van der Waals surface area contributed by atoms with Crippen LogP contribution in [0, 0.1) is 0 Å². The number of thiocarbonyl (C=S) groups is 1. The standard InChI is InChI=1S/C25H29N5S/c1-28(2)19-10-12-21(13-11-19)30-24(18-14-16-29(17-18)20-7-3-4-8-20)23(27-25(30)31)22-9-5-6-15-26-22/h5-6,9-17,20,23-24H,3-4,7-8H2,1-2H3,(H,27,31)/t23-,24+/m1/s1. The first kappa shape index (κ1) is 20.1. The van der Waals surface area contributed by atoms with Crippen LogP contribution in [0.3, 0.4) is 0 Å². The molecule has 1 saturated carbocycles. The Morgan fingerprint density at radius 2 is 1.81 bits per heavy atom. The molecule has 3 aromatic rings. The highest BCUT2D eigenvalue weighted by Gasteiger charge is 2.41. The lowest BCUT2D eigenvalue weighted by Crippen LogP contribution is -2.29. The maximum absolute atomic E-state index is 5.84. The summed E-state index contributed by atoms with van der Waals surface area (Å²) in [7, 11) is 4.12. The second-order valence-corrected chi connectivity index (χ2v) is 9.12. The molecule has 160 valence electrons. The van der Waals surface area contributed by atoms with E-state index in [-0.39, 0.29) is 12.1 Å². The number of nitrogens with zero attached hydrogens (tertiary/aromatic N) is 4. The van der Waals surface area contributed by atoms with Gasteiger partial charge in [-0.25, -0.2) is 0 Å². The Bertz CT molecular complexity index is 1040. The molecule has 0 unspecified atom stereocenters. The Hall–Kier alpha value is -2.86. The van der Waals surface area contributed by atoms with Crippen LogP contribution in [0.15, 0.2) is 67.1 Å². The second-order valence-electron chi connectivity index (χ2n) is 8.74. The Balaban J connectivity index is 1.54. The van der Waals surface area contributed by atoms with Gasteiger partial charge in [-0.05, 0) is 73.1 Å². The highest BCUT2D eigenvalue weighted by atomic mass is 32.1. The lowest BCUT2D eigenvalue weighted by molar-refractivity contribution is 0.515. The molecule has 2 fully saturated rings. The second kappa shape index (κ2) is 8.35. The van der Waals surface area contributed by atoms with Crippen molar-refractivity contribution in [3.8, 4) is 0 Å². The first-order chi connectivity index (χ1) is 15.1. The summed E-state index contributed by atoms with van der Waals surface area (Å²) >= 11 is 5.84. The van der Waals surface area contributed by atoms with Crippen molar-refractivity contribution in [1.82, 2.24) is 14.9 Å². The number of rotatable bonds is 5. The van der Waals surface area contributed by atoms with E-state index in [1.165, 1.54) is 36.9 Å². The van der Waals surface area contributed by atoms with Crippen LogP contribution in [0.4, 0.5) is 11.4 Å². The van der Waals surface area contributed by atoms with E-state index in [0.717, 1.165) is 16.5 Å². The average Bonchev–Trinajstić information content (AvgIpc) is 3.54. The molecular formula is C25H29N5S. The van der Waals surface area contributed by atoms with Gasteiger partial charge in [-0.15, -0.1) is 0 Å². The van der Waals surface area contributed by atoms with Crippen molar-refractivity contribution in [2.45, 2.75) is 43.8 Å². The predicted molar refractivity (Wildman–Crippen MR) is 131 cm³/mol. The van der Waals surface area contributed by atoms with E-state index in [9.17, 15) is 0 Å². The Labute approximate surface area is 189 Å². The summed E-state index contributed by atoms with van der Waals surface area (Å²) in [5.74, 6) is 0. The van der Waals surface area contributed by atoms with Gasteiger partial charge in [-0.3, -0.25) is 4.98 Å². The van der Waals surface area contributed by atoms with Crippen molar-refractivity contribution in [3.05, 3.63) is 78.4 Å². The highest BCUT2D eigenvalue weighted by molar-refractivity contribution is 7.80. The zero-order valence-electron chi connectivity index (χ0n) is 18.1. The SMILES string of the molecule is CN(C)c1ccc(N2C(=S)N[C@H](c3ccccn3)[C@@H]2c2ccn(C3CCCC3)c2)cc1. The number of benzene rings is 1. The monoisotopic (exact) mass is 431 g/mol. The largest absolute Gasteiger partial charge is 0.378 e. The van der Waals surface area contributed by atoms with E-state index in [4.69, 9.17) is 12.2 Å². The zero-order valence-corrected chi connectivity index (χ0v) is 18.9. The summed E-state index contributed by atoms with van der Waals surface area (Å²) in [6, 6.07) is 17.6. The van der Waals surface area contributed by atoms with E-state index in [1.54, 1.807) is 0 Å². The normalized spacial score (nSPS) is 21.5. The van der Waals surface area contributed by atoms with Gasteiger partial charge in [0.1, 0.15) is 0 Å². The summed E-state index contributed by atoms with van der Waals surface area (Å²) in [5, 5.41) is 4.30. The lowest BCUT2D eigenvalue weighted by Gasteiger charge is -2.28. The summed E-state index contributed by atoms with van der Waals surface area (Å²) in [6.45, 7) is 0. The van der Waals surface area contributed by atoms with Crippen LogP contribution in [0.25, 0.3) is 0 Å². The van der Waals surface area contributed by atoms with Crippen LogP contribution in [-0.2, 0) is 0 Å². The fourth-order valence-corrected chi connectivity index (χ4v) is 5.26. The Kier molecular flexibility index (Phi) is 5.40. The van der Waals surface area contributed by atoms with Crippen LogP contribution in [0.1, 0.15) is 55.1 Å². The van der Waals surface area contributed by atoms with Gasteiger partial charge in [0.25, 0.3) is 0 Å². The van der Waals surface area contributed by atoms with Crippen LogP contribution >= 0.6 is 12.2 Å². The van der Waals surface area contributed by atoms with Gasteiger partial charge in [0.2, 0.25) is 0 Å². The van der Waals surface area contributed by atoms with Gasteiger partial charge >= 0.3 is 0 Å². The van der Waals surface area contributed by atoms with Crippen molar-refractivity contribution < 1.29 is 0 Å². The van der Waals surface area contributed by atoms with Gasteiger partial charge in [0.05, 0.1) is 17.8 Å². The third-order valence-corrected chi connectivity index (χ3v) is 6.88. The van der Waals surface area contributed by atoms with Gasteiger partial charge in [-0.1, -0.05) is 18.9 Å². The van der Waals surface area contributed by atoms with Gasteiger partial charge in [0, 0.05) is 50.1 Å². The van der Waals surface area contributed by atoms with E-state index >= 15 is 0 Å². The number of aromatic nitrogens is 2. The van der Waals surface area contributed by atoms with Gasteiger partial charge in [-0.2, -0.15) is 0 Å². The quantitative estimate of drug-likeness (QED) is 0.559. The molecule has 5 rings (SSSR count). The molecule has 2 aliphatic rings. The summed E-state index contributed by atoms with van der Waals surface area (Å²) in [5.41, 5.74) is 4.55. The summed E-state index contributed by atoms with van der Waals surface area (Å²) in [4.78, 5) is 9.02. The Morgan fingerprint density at radius 1 is 1.03 bits per heavy atom. The van der Waals surface area contributed by atoms with E-state index < -0.39 is 0 Å². The third-order valence-electron chi connectivity index (χ3n) is 6.57. The molecular weight excluding hydrogens is 402 g/mol. The molecule has 6 heteroatoms. The first-order valence-corrected chi connectivity index (χ1v) is 11.5. The summed E-state index contributed by atoms with van der Waals surface area (Å²) < 4.78 is 2.41.